The van der Waals surface area contributed by atoms with E-state index in [1.165, 1.54) is 0 Å². The zero-order chi connectivity index (χ0) is 17.8. The molecule has 0 amide bonds. The molecule has 130 valence electrons. The van der Waals surface area contributed by atoms with E-state index in [-0.39, 0.29) is 0 Å². The van der Waals surface area contributed by atoms with Crippen LogP contribution >= 0.6 is 8.25 Å². The van der Waals surface area contributed by atoms with Crippen molar-refractivity contribution in [2.45, 2.75) is 0 Å². The number of methoxy groups -OCH3 is 2. The molecule has 25 heavy (non-hydrogen) atoms. The van der Waals surface area contributed by atoms with E-state index >= 15 is 0 Å². The number of ether oxygens (including phenoxy) is 2. The van der Waals surface area contributed by atoms with Gasteiger partial charge in [-0.3, -0.25) is 4.98 Å². The Hall–Kier alpha value is -2.76. The van der Waals surface area contributed by atoms with Crippen LogP contribution in [0, 0.1) is 0 Å². The van der Waals surface area contributed by atoms with E-state index in [1.54, 1.807) is 44.7 Å². The van der Waals surface area contributed by atoms with Gasteiger partial charge in [0.2, 0.25) is 0 Å². The second-order valence-electron chi connectivity index (χ2n) is 5.10. The molecule has 1 aromatic heterocycles. The highest BCUT2D eigenvalue weighted by atomic mass is 31.1. The van der Waals surface area contributed by atoms with Gasteiger partial charge in [0.15, 0.2) is 11.5 Å². The summed E-state index contributed by atoms with van der Waals surface area (Å²) in [5.74, 6) is 1.56. The largest absolute Gasteiger partial charge is 0.493 e. The van der Waals surface area contributed by atoms with Crippen LogP contribution in [0.1, 0.15) is 0 Å². The van der Waals surface area contributed by atoms with Crippen LogP contribution in [0.4, 0.5) is 11.4 Å². The van der Waals surface area contributed by atoms with Gasteiger partial charge in [-0.15, -0.1) is 0 Å². The van der Waals surface area contributed by atoms with Crippen molar-refractivity contribution in [1.82, 2.24) is 4.98 Å². The second kappa shape index (κ2) is 7.42. The van der Waals surface area contributed by atoms with E-state index in [1.807, 2.05) is 18.2 Å². The van der Waals surface area contributed by atoms with Crippen molar-refractivity contribution in [3.63, 3.8) is 0 Å². The standard InChI is InChI=1S/C17H17N2O5P/c1-22-16-9-13-14(7-8-18-15(13)10-17(16)23-2)19-11-3-5-12(6-4-11)24-25(20)21/h3-10,25H,1-2H3,(H,18,19)(H,20,21). The Morgan fingerprint density at radius 3 is 2.36 bits per heavy atom. The van der Waals surface area contributed by atoms with E-state index in [0.29, 0.717) is 17.2 Å². The van der Waals surface area contributed by atoms with Crippen molar-refractivity contribution in [1.29, 1.82) is 0 Å². The lowest BCUT2D eigenvalue weighted by molar-refractivity contribution is 0.356. The predicted molar refractivity (Wildman–Crippen MR) is 96.4 cm³/mol. The van der Waals surface area contributed by atoms with E-state index in [9.17, 15) is 4.57 Å². The number of rotatable bonds is 6. The molecule has 3 aromatic rings. The number of benzene rings is 2. The molecule has 2 N–H and O–H groups in total. The smallest absolute Gasteiger partial charge is 0.365 e. The number of aromatic nitrogens is 1. The lowest BCUT2D eigenvalue weighted by Crippen LogP contribution is -1.95. The molecule has 3 rings (SSSR count). The first-order valence-electron chi connectivity index (χ1n) is 7.39. The minimum Gasteiger partial charge on any atom is -0.493 e. The Morgan fingerprint density at radius 2 is 1.72 bits per heavy atom. The minimum absolute atomic E-state index is 0.336. The van der Waals surface area contributed by atoms with E-state index < -0.39 is 8.25 Å². The zero-order valence-electron chi connectivity index (χ0n) is 13.6. The Kier molecular flexibility index (Phi) is 5.07. The average Bonchev–Trinajstić information content (AvgIpc) is 2.62. The normalized spacial score (nSPS) is 11.8. The van der Waals surface area contributed by atoms with Gasteiger partial charge < -0.3 is 24.2 Å². The van der Waals surface area contributed by atoms with Crippen molar-refractivity contribution in [2.75, 3.05) is 19.5 Å². The van der Waals surface area contributed by atoms with Gasteiger partial charge in [-0.05, 0) is 36.4 Å². The molecule has 0 aliphatic heterocycles. The van der Waals surface area contributed by atoms with Crippen molar-refractivity contribution in [3.05, 3.63) is 48.7 Å². The van der Waals surface area contributed by atoms with Crippen LogP contribution < -0.4 is 19.3 Å². The zero-order valence-corrected chi connectivity index (χ0v) is 14.6. The summed E-state index contributed by atoms with van der Waals surface area (Å²) in [5.41, 5.74) is 2.41. The summed E-state index contributed by atoms with van der Waals surface area (Å²) in [7, 11) is 0.157. The molecule has 8 heteroatoms. The highest BCUT2D eigenvalue weighted by Gasteiger charge is 2.10. The second-order valence-corrected chi connectivity index (χ2v) is 5.84. The first kappa shape index (κ1) is 17.1. The molecule has 0 radical (unpaired) electrons. The van der Waals surface area contributed by atoms with Gasteiger partial charge in [0, 0.05) is 29.0 Å². The van der Waals surface area contributed by atoms with E-state index in [0.717, 1.165) is 22.3 Å². The fourth-order valence-electron chi connectivity index (χ4n) is 2.44. The molecule has 0 saturated carbocycles. The van der Waals surface area contributed by atoms with Gasteiger partial charge in [-0.1, -0.05) is 0 Å². The van der Waals surface area contributed by atoms with Crippen LogP contribution in [0.15, 0.2) is 48.7 Å². The third kappa shape index (κ3) is 3.84. The fourth-order valence-corrected chi connectivity index (χ4v) is 2.78. The molecule has 1 atom stereocenters. The number of hydrogen-bond donors (Lipinski definition) is 2. The van der Waals surface area contributed by atoms with Gasteiger partial charge in [0.05, 0.1) is 19.7 Å². The Morgan fingerprint density at radius 1 is 1.04 bits per heavy atom. The summed E-state index contributed by atoms with van der Waals surface area (Å²) in [4.78, 5) is 13.2. The van der Waals surface area contributed by atoms with Crippen LogP contribution in [-0.2, 0) is 4.57 Å². The first-order valence-corrected chi connectivity index (χ1v) is 8.65. The fraction of sp³-hybridized carbons (Fsp3) is 0.118. The Bertz CT molecular complexity index is 915. The molecule has 2 aromatic carbocycles. The van der Waals surface area contributed by atoms with Gasteiger partial charge in [-0.25, -0.2) is 4.57 Å². The minimum atomic E-state index is -3.00. The lowest BCUT2D eigenvalue weighted by atomic mass is 10.1. The molecule has 0 bridgehead atoms. The van der Waals surface area contributed by atoms with Crippen LogP contribution in [0.3, 0.4) is 0 Å². The van der Waals surface area contributed by atoms with E-state index in [2.05, 4.69) is 10.3 Å². The maximum absolute atomic E-state index is 10.7. The monoisotopic (exact) mass is 360 g/mol. The van der Waals surface area contributed by atoms with Gasteiger partial charge in [0.25, 0.3) is 0 Å². The van der Waals surface area contributed by atoms with Gasteiger partial charge >= 0.3 is 8.25 Å². The Labute approximate surface area is 145 Å². The number of nitrogens with zero attached hydrogens (tertiary/aromatic N) is 1. The van der Waals surface area contributed by atoms with Crippen LogP contribution in [0.2, 0.25) is 0 Å². The summed E-state index contributed by atoms with van der Waals surface area (Å²) in [5, 5.41) is 4.17. The SMILES string of the molecule is COc1cc2nccc(Nc3ccc(O[PH](=O)O)cc3)c2cc1OC. The summed E-state index contributed by atoms with van der Waals surface area (Å²) in [6.45, 7) is 0. The molecule has 1 heterocycles. The third-order valence-electron chi connectivity index (χ3n) is 3.59. The summed E-state index contributed by atoms with van der Waals surface area (Å²) in [6, 6.07) is 12.3. The highest BCUT2D eigenvalue weighted by molar-refractivity contribution is 7.32. The van der Waals surface area contributed by atoms with E-state index in [4.69, 9.17) is 18.9 Å². The lowest BCUT2D eigenvalue weighted by Gasteiger charge is -2.13. The molecule has 0 saturated heterocycles. The summed E-state index contributed by atoms with van der Waals surface area (Å²) >= 11 is 0. The first-order chi connectivity index (χ1) is 12.1. The molecule has 7 nitrogen and oxygen atoms in total. The highest BCUT2D eigenvalue weighted by Crippen LogP contribution is 2.35. The maximum Gasteiger partial charge on any atom is 0.365 e. The van der Waals surface area contributed by atoms with Crippen LogP contribution in [0.5, 0.6) is 17.2 Å². The number of nitrogens with one attached hydrogen (secondary N) is 1. The molecule has 1 unspecified atom stereocenters. The van der Waals surface area contributed by atoms with Crippen molar-refractivity contribution in [3.8, 4) is 17.2 Å². The molecule has 0 aliphatic carbocycles. The van der Waals surface area contributed by atoms with Crippen molar-refractivity contribution < 1.29 is 23.5 Å². The van der Waals surface area contributed by atoms with Crippen molar-refractivity contribution >= 4 is 30.5 Å². The topological polar surface area (TPSA) is 89.9 Å². The van der Waals surface area contributed by atoms with Crippen LogP contribution in [0.25, 0.3) is 10.9 Å². The third-order valence-corrected chi connectivity index (χ3v) is 4.00. The molecular formula is C17H17N2O5P. The van der Waals surface area contributed by atoms with Gasteiger partial charge in [-0.2, -0.15) is 0 Å². The predicted octanol–water partition coefficient (Wildman–Crippen LogP) is 3.76. The molecule has 0 spiro atoms. The number of hydrogen-bond acceptors (Lipinski definition) is 6. The number of pyridine rings is 1. The van der Waals surface area contributed by atoms with Crippen molar-refractivity contribution in [2.24, 2.45) is 0 Å². The summed E-state index contributed by atoms with van der Waals surface area (Å²) < 4.78 is 26.2. The number of anilines is 2. The summed E-state index contributed by atoms with van der Waals surface area (Å²) in [6.07, 6.45) is 1.70. The molecular weight excluding hydrogens is 343 g/mol. The van der Waals surface area contributed by atoms with Gasteiger partial charge in [0.1, 0.15) is 5.75 Å². The Balaban J connectivity index is 1.94. The molecule has 0 aliphatic rings. The molecule has 0 fully saturated rings. The average molecular weight is 360 g/mol. The quantitative estimate of drug-likeness (QED) is 0.647. The number of fused-ring (bicyclic) bond motifs is 1. The van der Waals surface area contributed by atoms with Crippen LogP contribution in [-0.4, -0.2) is 24.1 Å². The maximum atomic E-state index is 10.7.